The molecule has 0 bridgehead atoms. The summed E-state index contributed by atoms with van der Waals surface area (Å²) in [5.41, 5.74) is 2.30. The Labute approximate surface area is 121 Å². The van der Waals surface area contributed by atoms with Gasteiger partial charge in [-0.1, -0.05) is 19.1 Å². The largest absolute Gasteiger partial charge is 0.480 e. The maximum absolute atomic E-state index is 11.8. The van der Waals surface area contributed by atoms with Crippen LogP contribution in [0, 0.1) is 0 Å². The van der Waals surface area contributed by atoms with E-state index in [0.29, 0.717) is 11.4 Å². The Morgan fingerprint density at radius 1 is 1.19 bits per heavy atom. The van der Waals surface area contributed by atoms with Crippen molar-refractivity contribution in [3.05, 3.63) is 42.2 Å². The van der Waals surface area contributed by atoms with Gasteiger partial charge in [-0.05, 0) is 24.1 Å². The summed E-state index contributed by atoms with van der Waals surface area (Å²) in [5, 5.41) is 17.7. The number of anilines is 2. The third-order valence-corrected chi connectivity index (χ3v) is 2.81. The second kappa shape index (κ2) is 6.56. The number of carbonyl (C=O) groups is 2. The molecule has 0 unspecified atom stereocenters. The second-order valence-electron chi connectivity index (χ2n) is 4.45. The Morgan fingerprint density at radius 3 is 2.48 bits per heavy atom. The molecule has 3 N–H and O–H groups in total. The van der Waals surface area contributed by atoms with Gasteiger partial charge in [0.1, 0.15) is 6.54 Å². The number of hydrogen-bond acceptors (Lipinski definition) is 3. The lowest BCUT2D eigenvalue weighted by atomic mass is 10.1. The normalized spacial score (nSPS) is 10.1. The van der Waals surface area contributed by atoms with Gasteiger partial charge in [0.15, 0.2) is 0 Å². The van der Waals surface area contributed by atoms with Gasteiger partial charge in [-0.25, -0.2) is 4.79 Å². The standard InChI is InChI=1S/C14H16N4O3/c1-2-10-3-5-11(6-4-10)16-14(21)17-12-7-15-18(8-12)9-13(19)20/h3-8H,2,9H2,1H3,(H,19,20)(H2,16,17,21). The third kappa shape index (κ3) is 4.34. The zero-order valence-corrected chi connectivity index (χ0v) is 11.5. The molecule has 0 radical (unpaired) electrons. The van der Waals surface area contributed by atoms with Crippen LogP contribution in [0.25, 0.3) is 0 Å². The Kier molecular flexibility index (Phi) is 4.55. The Hall–Kier alpha value is -2.83. The molecule has 0 spiro atoms. The predicted octanol–water partition coefficient (Wildman–Crippen LogP) is 2.17. The number of aromatic nitrogens is 2. The predicted molar refractivity (Wildman–Crippen MR) is 78.3 cm³/mol. The first-order valence-corrected chi connectivity index (χ1v) is 6.48. The zero-order chi connectivity index (χ0) is 15.2. The molecule has 0 atom stereocenters. The fourth-order valence-electron chi connectivity index (χ4n) is 1.77. The molecule has 2 aromatic rings. The van der Waals surface area contributed by atoms with Gasteiger partial charge in [0.05, 0.1) is 11.9 Å². The second-order valence-corrected chi connectivity index (χ2v) is 4.45. The van der Waals surface area contributed by atoms with E-state index in [2.05, 4.69) is 22.7 Å². The highest BCUT2D eigenvalue weighted by Gasteiger charge is 2.06. The number of rotatable bonds is 5. The van der Waals surface area contributed by atoms with Gasteiger partial charge in [0.25, 0.3) is 0 Å². The molecule has 0 saturated heterocycles. The SMILES string of the molecule is CCc1ccc(NC(=O)Nc2cnn(CC(=O)O)c2)cc1. The van der Waals surface area contributed by atoms with Crippen molar-refractivity contribution in [2.24, 2.45) is 0 Å². The van der Waals surface area contributed by atoms with Gasteiger partial charge in [0, 0.05) is 11.9 Å². The van der Waals surface area contributed by atoms with Crippen LogP contribution in [-0.2, 0) is 17.8 Å². The Balaban J connectivity index is 1.91. The van der Waals surface area contributed by atoms with Gasteiger partial charge in [-0.3, -0.25) is 9.48 Å². The Bertz CT molecular complexity index is 634. The highest BCUT2D eigenvalue weighted by molar-refractivity contribution is 5.99. The lowest BCUT2D eigenvalue weighted by molar-refractivity contribution is -0.137. The Morgan fingerprint density at radius 2 is 1.86 bits per heavy atom. The summed E-state index contributed by atoms with van der Waals surface area (Å²) in [6.07, 6.45) is 3.78. The van der Waals surface area contributed by atoms with Gasteiger partial charge in [0.2, 0.25) is 0 Å². The van der Waals surface area contributed by atoms with E-state index in [1.807, 2.05) is 24.3 Å². The van der Waals surface area contributed by atoms with Crippen molar-refractivity contribution in [3.8, 4) is 0 Å². The van der Waals surface area contributed by atoms with Crippen LogP contribution < -0.4 is 10.6 Å². The number of carbonyl (C=O) groups excluding carboxylic acids is 1. The monoisotopic (exact) mass is 288 g/mol. The van der Waals surface area contributed by atoms with Crippen LogP contribution in [0.2, 0.25) is 0 Å². The summed E-state index contributed by atoms with van der Waals surface area (Å²) in [4.78, 5) is 22.3. The molecular formula is C14H16N4O3. The number of nitrogens with zero attached hydrogens (tertiary/aromatic N) is 2. The van der Waals surface area contributed by atoms with Gasteiger partial charge >= 0.3 is 12.0 Å². The third-order valence-electron chi connectivity index (χ3n) is 2.81. The highest BCUT2D eigenvalue weighted by atomic mass is 16.4. The molecule has 21 heavy (non-hydrogen) atoms. The minimum atomic E-state index is -0.995. The molecule has 1 aromatic carbocycles. The number of aliphatic carboxylic acids is 1. The van der Waals surface area contributed by atoms with E-state index in [1.165, 1.54) is 22.6 Å². The van der Waals surface area contributed by atoms with E-state index in [4.69, 9.17) is 5.11 Å². The summed E-state index contributed by atoms with van der Waals surface area (Å²) < 4.78 is 1.23. The van der Waals surface area contributed by atoms with E-state index in [9.17, 15) is 9.59 Å². The number of benzene rings is 1. The molecule has 0 saturated carbocycles. The fraction of sp³-hybridized carbons (Fsp3) is 0.214. The maximum Gasteiger partial charge on any atom is 0.325 e. The van der Waals surface area contributed by atoms with Gasteiger partial charge < -0.3 is 15.7 Å². The van der Waals surface area contributed by atoms with Crippen LogP contribution >= 0.6 is 0 Å². The molecule has 110 valence electrons. The van der Waals surface area contributed by atoms with Crippen molar-refractivity contribution in [2.45, 2.75) is 19.9 Å². The van der Waals surface area contributed by atoms with E-state index in [1.54, 1.807) is 0 Å². The van der Waals surface area contributed by atoms with Crippen molar-refractivity contribution in [1.82, 2.24) is 9.78 Å². The maximum atomic E-state index is 11.8. The molecule has 0 fully saturated rings. The minimum Gasteiger partial charge on any atom is -0.480 e. The van der Waals surface area contributed by atoms with Crippen LogP contribution in [0.1, 0.15) is 12.5 Å². The molecule has 0 aliphatic carbocycles. The van der Waals surface area contributed by atoms with E-state index >= 15 is 0 Å². The number of amides is 2. The molecule has 7 heteroatoms. The zero-order valence-electron chi connectivity index (χ0n) is 11.5. The summed E-state index contributed by atoms with van der Waals surface area (Å²) in [6.45, 7) is 1.81. The van der Waals surface area contributed by atoms with Gasteiger partial charge in [-0.2, -0.15) is 5.10 Å². The lowest BCUT2D eigenvalue weighted by Crippen LogP contribution is -2.19. The molecule has 2 rings (SSSR count). The van der Waals surface area contributed by atoms with Crippen LogP contribution in [0.4, 0.5) is 16.2 Å². The van der Waals surface area contributed by atoms with Crippen molar-refractivity contribution in [1.29, 1.82) is 0 Å². The smallest absolute Gasteiger partial charge is 0.325 e. The lowest BCUT2D eigenvalue weighted by Gasteiger charge is -2.06. The molecule has 0 aliphatic rings. The molecule has 1 aromatic heterocycles. The van der Waals surface area contributed by atoms with Crippen LogP contribution in [0.15, 0.2) is 36.7 Å². The first kappa shape index (κ1) is 14.6. The van der Waals surface area contributed by atoms with E-state index in [-0.39, 0.29) is 6.54 Å². The van der Waals surface area contributed by atoms with Gasteiger partial charge in [-0.15, -0.1) is 0 Å². The number of carboxylic acids is 1. The molecular weight excluding hydrogens is 272 g/mol. The summed E-state index contributed by atoms with van der Waals surface area (Å²) in [6, 6.07) is 7.13. The minimum absolute atomic E-state index is 0.248. The average molecular weight is 288 g/mol. The fourth-order valence-corrected chi connectivity index (χ4v) is 1.77. The number of aryl methyl sites for hydroxylation is 1. The summed E-state index contributed by atoms with van der Waals surface area (Å²) in [5.74, 6) is -0.995. The van der Waals surface area contributed by atoms with Crippen molar-refractivity contribution < 1.29 is 14.7 Å². The summed E-state index contributed by atoms with van der Waals surface area (Å²) in [7, 11) is 0. The van der Waals surface area contributed by atoms with E-state index in [0.717, 1.165) is 6.42 Å². The van der Waals surface area contributed by atoms with Crippen LogP contribution in [0.5, 0.6) is 0 Å². The first-order valence-electron chi connectivity index (χ1n) is 6.48. The molecule has 2 amide bonds. The average Bonchev–Trinajstić information content (AvgIpc) is 2.85. The number of nitrogens with one attached hydrogen (secondary N) is 2. The van der Waals surface area contributed by atoms with E-state index < -0.39 is 12.0 Å². The molecule has 1 heterocycles. The van der Waals surface area contributed by atoms with Crippen molar-refractivity contribution >= 4 is 23.4 Å². The molecule has 0 aliphatic heterocycles. The van der Waals surface area contributed by atoms with Crippen LogP contribution in [-0.4, -0.2) is 26.9 Å². The summed E-state index contributed by atoms with van der Waals surface area (Å²) >= 11 is 0. The van der Waals surface area contributed by atoms with Crippen LogP contribution in [0.3, 0.4) is 0 Å². The number of carboxylic acid groups (broad SMARTS) is 1. The highest BCUT2D eigenvalue weighted by Crippen LogP contribution is 2.11. The number of urea groups is 1. The quantitative estimate of drug-likeness (QED) is 0.785. The topological polar surface area (TPSA) is 96.3 Å². The number of hydrogen-bond donors (Lipinski definition) is 3. The first-order chi connectivity index (χ1) is 10.1. The molecule has 7 nitrogen and oxygen atoms in total. The van der Waals surface area contributed by atoms with Crippen molar-refractivity contribution in [3.63, 3.8) is 0 Å². The van der Waals surface area contributed by atoms with Crippen molar-refractivity contribution in [2.75, 3.05) is 10.6 Å².